The SMILES string of the molecule is CC(=O)[C@@]1(O)CC2C[C@H](C)C1[C@@H]2S(=O)(=O)c1cc(C(=O)Nc2cc(F)c(F)c(F)c2)ccc1Cl. The monoisotopic (exact) mass is 515 g/mol. The Hall–Kier alpha value is -2.43. The van der Waals surface area contributed by atoms with Crippen molar-refractivity contribution >= 4 is 38.8 Å². The predicted octanol–water partition coefficient (Wildman–Crippen LogP) is 4.15. The largest absolute Gasteiger partial charge is 0.382 e. The Labute approximate surface area is 199 Å². The van der Waals surface area contributed by atoms with Crippen LogP contribution < -0.4 is 5.32 Å². The number of aliphatic hydroxyl groups is 1. The Morgan fingerprint density at radius 1 is 1.15 bits per heavy atom. The third-order valence-corrected chi connectivity index (χ3v) is 9.73. The van der Waals surface area contributed by atoms with E-state index in [2.05, 4.69) is 5.32 Å². The van der Waals surface area contributed by atoms with E-state index in [1.165, 1.54) is 19.1 Å². The lowest BCUT2D eigenvalue weighted by atomic mass is 9.76. The molecule has 0 spiro atoms. The fraction of sp³-hybridized carbons (Fsp3) is 0.391. The molecule has 182 valence electrons. The Balaban J connectivity index is 1.69. The number of hydrogen-bond acceptors (Lipinski definition) is 5. The number of nitrogens with one attached hydrogen (secondary N) is 1. The molecule has 34 heavy (non-hydrogen) atoms. The Morgan fingerprint density at radius 2 is 1.76 bits per heavy atom. The summed E-state index contributed by atoms with van der Waals surface area (Å²) in [6.45, 7) is 3.02. The van der Waals surface area contributed by atoms with Crippen molar-refractivity contribution in [3.63, 3.8) is 0 Å². The molecule has 0 aliphatic heterocycles. The van der Waals surface area contributed by atoms with E-state index in [1.54, 1.807) is 6.92 Å². The molecular weight excluding hydrogens is 495 g/mol. The van der Waals surface area contributed by atoms with Crippen LogP contribution in [0, 0.1) is 35.2 Å². The second kappa shape index (κ2) is 8.35. The van der Waals surface area contributed by atoms with E-state index in [-0.39, 0.29) is 33.5 Å². The fourth-order valence-electron chi connectivity index (χ4n) is 5.52. The average Bonchev–Trinajstić information content (AvgIpc) is 3.24. The first-order chi connectivity index (χ1) is 15.8. The van der Waals surface area contributed by atoms with Crippen LogP contribution in [0.2, 0.25) is 5.02 Å². The molecule has 1 amide bonds. The normalized spacial score (nSPS) is 28.2. The summed E-state index contributed by atoms with van der Waals surface area (Å²) in [6.07, 6.45) is 0.546. The van der Waals surface area contributed by atoms with E-state index in [0.717, 1.165) is 6.07 Å². The predicted molar refractivity (Wildman–Crippen MR) is 118 cm³/mol. The van der Waals surface area contributed by atoms with Crippen LogP contribution in [0.5, 0.6) is 0 Å². The number of carbonyl (C=O) groups is 2. The maximum Gasteiger partial charge on any atom is 0.255 e. The smallest absolute Gasteiger partial charge is 0.255 e. The molecule has 2 aliphatic rings. The zero-order chi connectivity index (χ0) is 25.2. The van der Waals surface area contributed by atoms with Crippen LogP contribution in [0.25, 0.3) is 0 Å². The van der Waals surface area contributed by atoms with Crippen molar-refractivity contribution in [1.82, 2.24) is 0 Å². The van der Waals surface area contributed by atoms with Gasteiger partial charge >= 0.3 is 0 Å². The lowest BCUT2D eigenvalue weighted by Gasteiger charge is -2.34. The summed E-state index contributed by atoms with van der Waals surface area (Å²) >= 11 is 6.19. The number of rotatable bonds is 5. The van der Waals surface area contributed by atoms with Gasteiger partial charge in [0, 0.05) is 29.3 Å². The van der Waals surface area contributed by atoms with Crippen molar-refractivity contribution in [1.29, 1.82) is 0 Å². The molecule has 0 heterocycles. The second-order valence-corrected chi connectivity index (χ2v) is 11.5. The minimum absolute atomic E-state index is 0.0285. The van der Waals surface area contributed by atoms with Gasteiger partial charge in [-0.25, -0.2) is 21.6 Å². The van der Waals surface area contributed by atoms with Crippen LogP contribution in [0.3, 0.4) is 0 Å². The van der Waals surface area contributed by atoms with E-state index in [0.29, 0.717) is 18.6 Å². The van der Waals surface area contributed by atoms with Gasteiger partial charge in [0.05, 0.1) is 15.2 Å². The molecule has 2 aromatic carbocycles. The van der Waals surface area contributed by atoms with Crippen molar-refractivity contribution in [3.8, 4) is 0 Å². The van der Waals surface area contributed by atoms with E-state index in [1.807, 2.05) is 0 Å². The molecule has 2 aromatic rings. The van der Waals surface area contributed by atoms with Crippen LogP contribution in [0.1, 0.15) is 37.0 Å². The van der Waals surface area contributed by atoms with Gasteiger partial charge in [0.25, 0.3) is 5.91 Å². The quantitative estimate of drug-likeness (QED) is 0.583. The summed E-state index contributed by atoms with van der Waals surface area (Å²) in [6, 6.07) is 4.64. The second-order valence-electron chi connectivity index (χ2n) is 9.05. The molecule has 0 radical (unpaired) electrons. The third kappa shape index (κ3) is 3.81. The zero-order valence-electron chi connectivity index (χ0n) is 18.1. The highest BCUT2D eigenvalue weighted by atomic mass is 35.5. The van der Waals surface area contributed by atoms with Crippen LogP contribution in [-0.2, 0) is 14.6 Å². The molecule has 2 saturated carbocycles. The van der Waals surface area contributed by atoms with Gasteiger partial charge in [0.15, 0.2) is 33.1 Å². The Kier molecular flexibility index (Phi) is 6.06. The van der Waals surface area contributed by atoms with Gasteiger partial charge in [0.2, 0.25) is 0 Å². The molecule has 2 aliphatic carbocycles. The molecule has 11 heteroatoms. The molecule has 2 fully saturated rings. The summed E-state index contributed by atoms with van der Waals surface area (Å²) in [7, 11) is -4.18. The summed E-state index contributed by atoms with van der Waals surface area (Å²) in [5, 5.41) is 11.9. The van der Waals surface area contributed by atoms with E-state index in [4.69, 9.17) is 11.6 Å². The van der Waals surface area contributed by atoms with Crippen molar-refractivity contribution in [2.45, 2.75) is 42.4 Å². The molecule has 6 nitrogen and oxygen atoms in total. The molecule has 0 aromatic heterocycles. The Bertz CT molecular complexity index is 1290. The molecule has 4 rings (SSSR count). The van der Waals surface area contributed by atoms with Crippen molar-refractivity contribution < 1.29 is 36.3 Å². The number of hydrogen-bond donors (Lipinski definition) is 2. The molecule has 5 atom stereocenters. The average molecular weight is 516 g/mol. The summed E-state index contributed by atoms with van der Waals surface area (Å²) in [4.78, 5) is 24.5. The number of halogens is 4. The number of ketones is 1. The van der Waals surface area contributed by atoms with Crippen molar-refractivity contribution in [3.05, 3.63) is 58.4 Å². The number of benzene rings is 2. The number of fused-ring (bicyclic) bond motifs is 2. The van der Waals surface area contributed by atoms with E-state index in [9.17, 15) is 36.3 Å². The van der Waals surface area contributed by atoms with Gasteiger partial charge in [0.1, 0.15) is 5.60 Å². The molecule has 2 unspecified atom stereocenters. The molecule has 0 saturated heterocycles. The highest BCUT2D eigenvalue weighted by Crippen LogP contribution is 2.58. The number of sulfone groups is 1. The van der Waals surface area contributed by atoms with Crippen LogP contribution in [0.15, 0.2) is 35.2 Å². The van der Waals surface area contributed by atoms with Crippen LogP contribution in [-0.4, -0.2) is 36.1 Å². The zero-order valence-corrected chi connectivity index (χ0v) is 19.7. The van der Waals surface area contributed by atoms with Gasteiger partial charge < -0.3 is 10.4 Å². The minimum atomic E-state index is -4.18. The molecular formula is C23H21ClF3NO5S. The number of anilines is 1. The highest BCUT2D eigenvalue weighted by Gasteiger charge is 2.65. The van der Waals surface area contributed by atoms with Crippen LogP contribution in [0.4, 0.5) is 18.9 Å². The van der Waals surface area contributed by atoms with Gasteiger partial charge in [-0.1, -0.05) is 18.5 Å². The molecule has 2 bridgehead atoms. The summed E-state index contributed by atoms with van der Waals surface area (Å²) in [5.41, 5.74) is -2.29. The first-order valence-corrected chi connectivity index (χ1v) is 12.4. The fourth-order valence-corrected chi connectivity index (χ4v) is 8.48. The highest BCUT2D eigenvalue weighted by molar-refractivity contribution is 7.92. The van der Waals surface area contributed by atoms with Gasteiger partial charge in [-0.15, -0.1) is 0 Å². The molecule has 2 N–H and O–H groups in total. The lowest BCUT2D eigenvalue weighted by Crippen LogP contribution is -2.47. The Morgan fingerprint density at radius 3 is 2.35 bits per heavy atom. The maximum atomic E-state index is 13.7. The summed E-state index contributed by atoms with van der Waals surface area (Å²) < 4.78 is 67.4. The lowest BCUT2D eigenvalue weighted by molar-refractivity contribution is -0.142. The topological polar surface area (TPSA) is 101 Å². The first kappa shape index (κ1) is 24.7. The number of Topliss-reactive ketones (excluding diaryl/α,β-unsaturated/α-hetero) is 1. The van der Waals surface area contributed by atoms with Crippen LogP contribution >= 0.6 is 11.6 Å². The number of amides is 1. The van der Waals surface area contributed by atoms with Gasteiger partial charge in [-0.3, -0.25) is 9.59 Å². The van der Waals surface area contributed by atoms with E-state index >= 15 is 0 Å². The number of carbonyl (C=O) groups excluding carboxylic acids is 2. The standard InChI is InChI=1S/C23H21ClF3NO5S/c1-10-5-13-9-23(31,11(2)29)19(10)21(13)34(32,33)18-6-12(3-4-15(18)24)22(30)28-14-7-16(25)20(27)17(26)8-14/h3-4,6-8,10,13,19,21,31H,5,9H2,1-2H3,(H,28,30)/t10-,13?,19?,21+,23-/m0/s1. The van der Waals surface area contributed by atoms with Gasteiger partial charge in [-0.05, 0) is 49.8 Å². The maximum absolute atomic E-state index is 13.7. The van der Waals surface area contributed by atoms with Crippen molar-refractivity contribution in [2.75, 3.05) is 5.32 Å². The minimum Gasteiger partial charge on any atom is -0.382 e. The van der Waals surface area contributed by atoms with Gasteiger partial charge in [-0.2, -0.15) is 0 Å². The van der Waals surface area contributed by atoms with E-state index < -0.39 is 61.7 Å². The van der Waals surface area contributed by atoms with Crippen molar-refractivity contribution in [2.24, 2.45) is 17.8 Å². The third-order valence-electron chi connectivity index (χ3n) is 6.94. The summed E-state index contributed by atoms with van der Waals surface area (Å²) in [5.74, 6) is -7.59. The first-order valence-electron chi connectivity index (χ1n) is 10.5.